The van der Waals surface area contributed by atoms with Crippen LogP contribution in [0, 0.1) is 0 Å². The zero-order chi connectivity index (χ0) is 15.5. The maximum atomic E-state index is 12.0. The molecule has 114 valence electrons. The molecule has 1 amide bonds. The summed E-state index contributed by atoms with van der Waals surface area (Å²) in [7, 11) is 0. The molecule has 5 heteroatoms. The highest BCUT2D eigenvalue weighted by molar-refractivity contribution is 6.31. The molecule has 2 aromatic carbocycles. The molecule has 22 heavy (non-hydrogen) atoms. The highest BCUT2D eigenvalue weighted by Gasteiger charge is 2.27. The van der Waals surface area contributed by atoms with Gasteiger partial charge >= 0.3 is 0 Å². The predicted octanol–water partition coefficient (Wildman–Crippen LogP) is 3.89. The Labute approximate surface area is 139 Å². The lowest BCUT2D eigenvalue weighted by Gasteiger charge is -2.23. The number of amides is 1. The van der Waals surface area contributed by atoms with E-state index in [4.69, 9.17) is 23.2 Å². The number of carbonyl (C=O) groups is 1. The summed E-state index contributed by atoms with van der Waals surface area (Å²) in [5.74, 6) is 0.00646. The minimum Gasteiger partial charge on any atom is -0.354 e. The van der Waals surface area contributed by atoms with Crippen molar-refractivity contribution in [1.82, 2.24) is 10.6 Å². The van der Waals surface area contributed by atoms with Gasteiger partial charge in [-0.3, -0.25) is 4.79 Å². The zero-order valence-electron chi connectivity index (χ0n) is 11.9. The number of benzene rings is 2. The van der Waals surface area contributed by atoms with E-state index in [9.17, 15) is 4.79 Å². The standard InChI is InChI=1S/C17H16Cl2N2O/c18-13-7-3-1-5-11(13)15-9-17(22)20-10-16(21-15)12-6-2-4-8-14(12)19/h1-8,15-16,21H,9-10H2,(H,20,22). The van der Waals surface area contributed by atoms with E-state index in [1.54, 1.807) is 0 Å². The molecule has 0 aromatic heterocycles. The van der Waals surface area contributed by atoms with Crippen molar-refractivity contribution in [2.45, 2.75) is 18.5 Å². The maximum absolute atomic E-state index is 12.0. The fourth-order valence-corrected chi connectivity index (χ4v) is 3.28. The van der Waals surface area contributed by atoms with Crippen LogP contribution in [0.5, 0.6) is 0 Å². The first-order valence-corrected chi connectivity index (χ1v) is 7.92. The van der Waals surface area contributed by atoms with Gasteiger partial charge in [0.05, 0.1) is 6.04 Å². The smallest absolute Gasteiger partial charge is 0.221 e. The Hall–Kier alpha value is -1.55. The fourth-order valence-electron chi connectivity index (χ4n) is 2.75. The number of halogens is 2. The summed E-state index contributed by atoms with van der Waals surface area (Å²) in [6, 6.07) is 15.1. The van der Waals surface area contributed by atoms with Crippen LogP contribution < -0.4 is 10.6 Å². The van der Waals surface area contributed by atoms with E-state index in [0.717, 1.165) is 11.1 Å². The molecule has 2 N–H and O–H groups in total. The van der Waals surface area contributed by atoms with E-state index in [0.29, 0.717) is 23.0 Å². The normalized spacial score (nSPS) is 22.0. The Kier molecular flexibility index (Phi) is 4.67. The van der Waals surface area contributed by atoms with Crippen molar-refractivity contribution in [3.05, 3.63) is 69.7 Å². The third-order valence-electron chi connectivity index (χ3n) is 3.86. The van der Waals surface area contributed by atoms with Crippen LogP contribution in [0.2, 0.25) is 10.0 Å². The van der Waals surface area contributed by atoms with Crippen LogP contribution in [0.25, 0.3) is 0 Å². The van der Waals surface area contributed by atoms with Gasteiger partial charge in [0.1, 0.15) is 0 Å². The molecule has 0 spiro atoms. The molecule has 2 aromatic rings. The third kappa shape index (κ3) is 3.27. The molecule has 3 rings (SSSR count). The van der Waals surface area contributed by atoms with Crippen molar-refractivity contribution in [1.29, 1.82) is 0 Å². The maximum Gasteiger partial charge on any atom is 0.221 e. The van der Waals surface area contributed by atoms with Gasteiger partial charge in [0.2, 0.25) is 5.91 Å². The van der Waals surface area contributed by atoms with E-state index < -0.39 is 0 Å². The molecule has 1 heterocycles. The molecule has 3 nitrogen and oxygen atoms in total. The van der Waals surface area contributed by atoms with Crippen LogP contribution >= 0.6 is 23.2 Å². The van der Waals surface area contributed by atoms with Gasteiger partial charge in [-0.2, -0.15) is 0 Å². The average Bonchev–Trinajstić information content (AvgIpc) is 2.70. The largest absolute Gasteiger partial charge is 0.354 e. The summed E-state index contributed by atoms with van der Waals surface area (Å²) < 4.78 is 0. The van der Waals surface area contributed by atoms with Gasteiger partial charge < -0.3 is 10.6 Å². The minimum atomic E-state index is -0.141. The van der Waals surface area contributed by atoms with Gasteiger partial charge in [-0.25, -0.2) is 0 Å². The summed E-state index contributed by atoms with van der Waals surface area (Å²) in [5.41, 5.74) is 1.90. The van der Waals surface area contributed by atoms with Crippen molar-refractivity contribution in [2.24, 2.45) is 0 Å². The van der Waals surface area contributed by atoms with Crippen LogP contribution in [0.4, 0.5) is 0 Å². The van der Waals surface area contributed by atoms with Crippen molar-refractivity contribution in [3.8, 4) is 0 Å². The van der Waals surface area contributed by atoms with Crippen LogP contribution in [0.3, 0.4) is 0 Å². The predicted molar refractivity (Wildman–Crippen MR) is 89.1 cm³/mol. The molecule has 2 unspecified atom stereocenters. The second-order valence-electron chi connectivity index (χ2n) is 5.32. The van der Waals surface area contributed by atoms with E-state index >= 15 is 0 Å². The van der Waals surface area contributed by atoms with Crippen LogP contribution in [-0.4, -0.2) is 12.5 Å². The first-order chi connectivity index (χ1) is 10.6. The summed E-state index contributed by atoms with van der Waals surface area (Å²) in [6.07, 6.45) is 0.352. The molecule has 0 radical (unpaired) electrons. The molecule has 1 fully saturated rings. The lowest BCUT2D eigenvalue weighted by atomic mass is 10.0. The average molecular weight is 335 g/mol. The van der Waals surface area contributed by atoms with Crippen LogP contribution in [-0.2, 0) is 4.79 Å². The fraction of sp³-hybridized carbons (Fsp3) is 0.235. The van der Waals surface area contributed by atoms with E-state index in [1.165, 1.54) is 0 Å². The van der Waals surface area contributed by atoms with Gasteiger partial charge in [-0.15, -0.1) is 0 Å². The van der Waals surface area contributed by atoms with Gasteiger partial charge in [-0.1, -0.05) is 59.6 Å². The Morgan fingerprint density at radius 1 is 0.864 bits per heavy atom. The molecule has 0 aliphatic carbocycles. The van der Waals surface area contributed by atoms with E-state index in [1.807, 2.05) is 48.5 Å². The summed E-state index contributed by atoms with van der Waals surface area (Å²) >= 11 is 12.6. The first kappa shape index (κ1) is 15.3. The van der Waals surface area contributed by atoms with Gasteiger partial charge in [0.25, 0.3) is 0 Å². The first-order valence-electron chi connectivity index (χ1n) is 7.17. The SMILES string of the molecule is O=C1CC(c2ccccc2Cl)NC(c2ccccc2Cl)CN1. The third-order valence-corrected chi connectivity index (χ3v) is 4.54. The van der Waals surface area contributed by atoms with Crippen LogP contribution in [0.1, 0.15) is 29.6 Å². The lowest BCUT2D eigenvalue weighted by molar-refractivity contribution is -0.121. The highest BCUT2D eigenvalue weighted by Crippen LogP contribution is 2.31. The second kappa shape index (κ2) is 6.69. The van der Waals surface area contributed by atoms with Gasteiger partial charge in [0, 0.05) is 29.1 Å². The molecule has 2 atom stereocenters. The monoisotopic (exact) mass is 334 g/mol. The van der Waals surface area contributed by atoms with Crippen molar-refractivity contribution < 1.29 is 4.79 Å². The molecule has 1 saturated heterocycles. The van der Waals surface area contributed by atoms with Crippen LogP contribution in [0.15, 0.2) is 48.5 Å². The topological polar surface area (TPSA) is 41.1 Å². The van der Waals surface area contributed by atoms with E-state index in [2.05, 4.69) is 10.6 Å². The highest BCUT2D eigenvalue weighted by atomic mass is 35.5. The minimum absolute atomic E-state index is 0.00646. The zero-order valence-corrected chi connectivity index (χ0v) is 13.4. The van der Waals surface area contributed by atoms with Crippen molar-refractivity contribution >= 4 is 29.1 Å². The molecular weight excluding hydrogens is 319 g/mol. The number of hydrogen-bond donors (Lipinski definition) is 2. The second-order valence-corrected chi connectivity index (χ2v) is 6.14. The molecule has 0 bridgehead atoms. The Balaban J connectivity index is 1.93. The quantitative estimate of drug-likeness (QED) is 0.874. The van der Waals surface area contributed by atoms with Crippen molar-refractivity contribution in [2.75, 3.05) is 6.54 Å². The van der Waals surface area contributed by atoms with E-state index in [-0.39, 0.29) is 18.0 Å². The van der Waals surface area contributed by atoms with Crippen molar-refractivity contribution in [3.63, 3.8) is 0 Å². The lowest BCUT2D eigenvalue weighted by Crippen LogP contribution is -2.30. The number of carbonyl (C=O) groups excluding carboxylic acids is 1. The Bertz CT molecular complexity index is 690. The Morgan fingerprint density at radius 3 is 2.00 bits per heavy atom. The number of rotatable bonds is 2. The van der Waals surface area contributed by atoms with Gasteiger partial charge in [-0.05, 0) is 23.3 Å². The molecular formula is C17H16Cl2N2O. The van der Waals surface area contributed by atoms with Gasteiger partial charge in [0.15, 0.2) is 0 Å². The summed E-state index contributed by atoms with van der Waals surface area (Å²) in [6.45, 7) is 0.503. The number of nitrogens with one attached hydrogen (secondary N) is 2. The summed E-state index contributed by atoms with van der Waals surface area (Å²) in [4.78, 5) is 12.0. The Morgan fingerprint density at radius 2 is 1.41 bits per heavy atom. The molecule has 1 aliphatic heterocycles. The molecule has 0 saturated carbocycles. The molecule has 1 aliphatic rings. The number of hydrogen-bond acceptors (Lipinski definition) is 2. The summed E-state index contributed by atoms with van der Waals surface area (Å²) in [5, 5.41) is 7.79.